The molecule has 2 aromatic rings. The van der Waals surface area contributed by atoms with Crippen molar-refractivity contribution in [1.82, 2.24) is 20.0 Å². The minimum atomic E-state index is 0.199. The molecule has 5 nitrogen and oxygen atoms in total. The minimum Gasteiger partial charge on any atom is -0.357 e. The average Bonchev–Trinajstić information content (AvgIpc) is 3.12. The summed E-state index contributed by atoms with van der Waals surface area (Å²) in [6.07, 6.45) is 4.16. The molecule has 0 amide bonds. The predicted octanol–water partition coefficient (Wildman–Crippen LogP) is 2.57. The van der Waals surface area contributed by atoms with Crippen molar-refractivity contribution in [2.24, 2.45) is 7.05 Å². The molecule has 0 radical (unpaired) electrons. The van der Waals surface area contributed by atoms with E-state index in [-0.39, 0.29) is 6.04 Å². The molecule has 1 aliphatic heterocycles. The number of aromatic nitrogens is 4. The van der Waals surface area contributed by atoms with Crippen LogP contribution in [0.15, 0.2) is 12.3 Å². The number of pyridine rings is 1. The lowest BCUT2D eigenvalue weighted by atomic mass is 9.98. The van der Waals surface area contributed by atoms with E-state index in [0.717, 1.165) is 22.6 Å². The summed E-state index contributed by atoms with van der Waals surface area (Å²) in [6, 6.07) is 2.74. The Morgan fingerprint density at radius 2 is 2.11 bits per heavy atom. The van der Waals surface area contributed by atoms with Crippen molar-refractivity contribution < 1.29 is 0 Å². The highest BCUT2D eigenvalue weighted by Gasteiger charge is 2.41. The monoisotopic (exact) mass is 275 g/mol. The second kappa shape index (κ2) is 3.70. The van der Waals surface area contributed by atoms with Gasteiger partial charge in [-0.1, -0.05) is 11.6 Å². The molecule has 3 heterocycles. The third kappa shape index (κ3) is 1.51. The maximum Gasteiger partial charge on any atom is 0.153 e. The van der Waals surface area contributed by atoms with E-state index in [2.05, 4.69) is 27.0 Å². The average molecular weight is 276 g/mol. The van der Waals surface area contributed by atoms with Crippen molar-refractivity contribution in [1.29, 1.82) is 0 Å². The molecule has 4 rings (SSSR count). The standard InChI is InChI=1S/C13H14ClN5/c1-7-10-11(17-18(2)16-10)9-5-6-15-13(14)12(9)19(7)8-3-4-8/h5-8H,3-4H2,1-2H3. The highest BCUT2D eigenvalue weighted by molar-refractivity contribution is 6.32. The molecule has 1 aliphatic carbocycles. The third-order valence-corrected chi connectivity index (χ3v) is 4.16. The van der Waals surface area contributed by atoms with Crippen LogP contribution in [0, 0.1) is 0 Å². The number of fused-ring (bicyclic) bond motifs is 3. The Kier molecular flexibility index (Phi) is 2.18. The van der Waals surface area contributed by atoms with Crippen LogP contribution in [-0.4, -0.2) is 26.0 Å². The lowest BCUT2D eigenvalue weighted by molar-refractivity contribution is 0.605. The summed E-state index contributed by atoms with van der Waals surface area (Å²) < 4.78 is 0. The van der Waals surface area contributed by atoms with Crippen molar-refractivity contribution >= 4 is 17.3 Å². The van der Waals surface area contributed by atoms with Gasteiger partial charge in [0.1, 0.15) is 11.4 Å². The topological polar surface area (TPSA) is 46.8 Å². The largest absolute Gasteiger partial charge is 0.357 e. The van der Waals surface area contributed by atoms with Gasteiger partial charge in [-0.05, 0) is 25.8 Å². The van der Waals surface area contributed by atoms with Crippen molar-refractivity contribution in [3.63, 3.8) is 0 Å². The van der Waals surface area contributed by atoms with Crippen LogP contribution >= 0.6 is 11.6 Å². The summed E-state index contributed by atoms with van der Waals surface area (Å²) in [5.41, 5.74) is 4.04. The van der Waals surface area contributed by atoms with Gasteiger partial charge in [0.2, 0.25) is 0 Å². The molecule has 0 bridgehead atoms. The third-order valence-electron chi connectivity index (χ3n) is 3.89. The normalized spacial score (nSPS) is 21.2. The Morgan fingerprint density at radius 1 is 1.32 bits per heavy atom. The van der Waals surface area contributed by atoms with E-state index in [1.165, 1.54) is 12.8 Å². The maximum absolute atomic E-state index is 6.34. The molecule has 98 valence electrons. The summed E-state index contributed by atoms with van der Waals surface area (Å²) in [4.78, 5) is 8.23. The zero-order valence-corrected chi connectivity index (χ0v) is 11.6. The minimum absolute atomic E-state index is 0.199. The molecule has 1 unspecified atom stereocenters. The van der Waals surface area contributed by atoms with Gasteiger partial charge in [-0.15, -0.1) is 0 Å². The number of aryl methyl sites for hydroxylation is 1. The summed E-state index contributed by atoms with van der Waals surface area (Å²) >= 11 is 6.34. The molecule has 0 N–H and O–H groups in total. The van der Waals surface area contributed by atoms with Crippen LogP contribution in [0.5, 0.6) is 0 Å². The first-order valence-corrected chi connectivity index (χ1v) is 6.89. The zero-order chi connectivity index (χ0) is 13.1. The lowest BCUT2D eigenvalue weighted by Gasteiger charge is -2.35. The van der Waals surface area contributed by atoms with Crippen LogP contribution in [0.3, 0.4) is 0 Å². The van der Waals surface area contributed by atoms with Crippen LogP contribution < -0.4 is 4.90 Å². The van der Waals surface area contributed by atoms with Crippen molar-refractivity contribution in [3.8, 4) is 11.3 Å². The van der Waals surface area contributed by atoms with E-state index in [0.29, 0.717) is 11.2 Å². The second-order valence-electron chi connectivity index (χ2n) is 5.24. The fourth-order valence-electron chi connectivity index (χ4n) is 2.94. The number of nitrogens with zero attached hydrogens (tertiary/aromatic N) is 5. The maximum atomic E-state index is 6.34. The predicted molar refractivity (Wildman–Crippen MR) is 73.2 cm³/mol. The summed E-state index contributed by atoms with van der Waals surface area (Å²) in [5.74, 6) is 0. The molecule has 1 saturated carbocycles. The Bertz CT molecular complexity index is 661. The van der Waals surface area contributed by atoms with Gasteiger partial charge in [0.05, 0.1) is 11.7 Å². The van der Waals surface area contributed by atoms with E-state index >= 15 is 0 Å². The molecule has 2 aliphatic rings. The van der Waals surface area contributed by atoms with Gasteiger partial charge in [0.25, 0.3) is 0 Å². The number of hydrogen-bond acceptors (Lipinski definition) is 4. The Balaban J connectivity index is 2.01. The van der Waals surface area contributed by atoms with E-state index in [1.54, 1.807) is 11.0 Å². The lowest BCUT2D eigenvalue weighted by Crippen LogP contribution is -2.33. The highest BCUT2D eigenvalue weighted by Crippen LogP contribution is 2.49. The fraction of sp³-hybridized carbons (Fsp3) is 0.462. The molecule has 2 aromatic heterocycles. The molecule has 6 heteroatoms. The fourth-order valence-corrected chi connectivity index (χ4v) is 3.19. The van der Waals surface area contributed by atoms with Crippen LogP contribution in [-0.2, 0) is 7.05 Å². The van der Waals surface area contributed by atoms with Gasteiger partial charge in [-0.3, -0.25) is 0 Å². The van der Waals surface area contributed by atoms with Gasteiger partial charge >= 0.3 is 0 Å². The van der Waals surface area contributed by atoms with Crippen LogP contribution in [0.1, 0.15) is 31.5 Å². The summed E-state index contributed by atoms with van der Waals surface area (Å²) in [5, 5.41) is 9.57. The summed E-state index contributed by atoms with van der Waals surface area (Å²) in [7, 11) is 1.86. The number of halogens is 1. The molecular formula is C13H14ClN5. The molecular weight excluding hydrogens is 262 g/mol. The van der Waals surface area contributed by atoms with Crippen molar-refractivity contribution in [2.75, 3.05) is 4.90 Å². The SMILES string of the molecule is CC1c2nn(C)nc2-c2ccnc(Cl)c2N1C1CC1. The van der Waals surface area contributed by atoms with Gasteiger partial charge in [-0.2, -0.15) is 15.0 Å². The van der Waals surface area contributed by atoms with E-state index in [4.69, 9.17) is 11.6 Å². The second-order valence-corrected chi connectivity index (χ2v) is 5.59. The van der Waals surface area contributed by atoms with Crippen LogP contribution in [0.2, 0.25) is 5.15 Å². The van der Waals surface area contributed by atoms with Gasteiger partial charge in [-0.25, -0.2) is 4.98 Å². The van der Waals surface area contributed by atoms with Crippen molar-refractivity contribution in [2.45, 2.75) is 31.8 Å². The molecule has 19 heavy (non-hydrogen) atoms. The molecule has 1 fully saturated rings. The number of anilines is 1. The van der Waals surface area contributed by atoms with E-state index in [9.17, 15) is 0 Å². The van der Waals surface area contributed by atoms with E-state index in [1.807, 2.05) is 13.1 Å². The van der Waals surface area contributed by atoms with Crippen LogP contribution in [0.25, 0.3) is 11.3 Å². The van der Waals surface area contributed by atoms with Crippen LogP contribution in [0.4, 0.5) is 5.69 Å². The number of hydrogen-bond donors (Lipinski definition) is 0. The first kappa shape index (κ1) is 11.2. The number of rotatable bonds is 1. The van der Waals surface area contributed by atoms with E-state index < -0.39 is 0 Å². The first-order chi connectivity index (χ1) is 9.16. The molecule has 0 saturated heterocycles. The zero-order valence-electron chi connectivity index (χ0n) is 10.8. The smallest absolute Gasteiger partial charge is 0.153 e. The first-order valence-electron chi connectivity index (χ1n) is 6.51. The highest BCUT2D eigenvalue weighted by atomic mass is 35.5. The van der Waals surface area contributed by atoms with Gasteiger partial charge in [0.15, 0.2) is 5.15 Å². The Labute approximate surface area is 116 Å². The Hall–Kier alpha value is -1.62. The van der Waals surface area contributed by atoms with Gasteiger partial charge < -0.3 is 4.90 Å². The molecule has 0 spiro atoms. The Morgan fingerprint density at radius 3 is 2.84 bits per heavy atom. The quantitative estimate of drug-likeness (QED) is 0.751. The molecule has 1 atom stereocenters. The van der Waals surface area contributed by atoms with Crippen molar-refractivity contribution in [3.05, 3.63) is 23.1 Å². The van der Waals surface area contributed by atoms with Gasteiger partial charge in [0, 0.05) is 24.8 Å². The summed E-state index contributed by atoms with van der Waals surface area (Å²) in [6.45, 7) is 2.16. The molecule has 0 aromatic carbocycles.